The molecule has 1 aromatic carbocycles. The summed E-state index contributed by atoms with van der Waals surface area (Å²) in [5.74, 6) is -1.96. The van der Waals surface area contributed by atoms with Gasteiger partial charge < -0.3 is 15.0 Å². The lowest BCUT2D eigenvalue weighted by molar-refractivity contribution is -0.108. The number of fused-ring (bicyclic) bond motifs is 1. The Bertz CT molecular complexity index is 462. The van der Waals surface area contributed by atoms with Gasteiger partial charge >= 0.3 is 6.03 Å². The number of rotatable bonds is 2. The van der Waals surface area contributed by atoms with Crippen LogP contribution >= 0.6 is 0 Å². The molecule has 0 radical (unpaired) electrons. The number of hydrogen-bond acceptors (Lipinski definition) is 2. The lowest BCUT2D eigenvalue weighted by Crippen LogP contribution is -2.40. The van der Waals surface area contributed by atoms with Gasteiger partial charge in [-0.1, -0.05) is 0 Å². The Hall–Kier alpha value is -1.98. The van der Waals surface area contributed by atoms with Crippen molar-refractivity contribution in [3.8, 4) is 0 Å². The summed E-state index contributed by atoms with van der Waals surface area (Å²) in [6.45, 7) is -0.259. The van der Waals surface area contributed by atoms with Crippen molar-refractivity contribution < 1.29 is 18.4 Å². The molecule has 1 aromatic rings. The molecule has 0 fully saturated rings. The number of benzene rings is 1. The topological polar surface area (TPSA) is 49.4 Å². The van der Waals surface area contributed by atoms with Gasteiger partial charge in [-0.15, -0.1) is 0 Å². The Morgan fingerprint density at radius 1 is 1.44 bits per heavy atom. The second-order valence-corrected chi connectivity index (χ2v) is 3.36. The fourth-order valence-electron chi connectivity index (χ4n) is 1.56. The lowest BCUT2D eigenvalue weighted by Gasteiger charge is -2.27. The van der Waals surface area contributed by atoms with E-state index in [1.54, 1.807) is 0 Å². The number of halogens is 2. The predicted molar refractivity (Wildman–Crippen MR) is 51.9 cm³/mol. The third kappa shape index (κ3) is 1.62. The van der Waals surface area contributed by atoms with Gasteiger partial charge in [-0.25, -0.2) is 13.6 Å². The van der Waals surface area contributed by atoms with E-state index in [1.165, 1.54) is 6.07 Å². The highest BCUT2D eigenvalue weighted by molar-refractivity contribution is 5.93. The molecule has 2 amide bonds. The fourth-order valence-corrected chi connectivity index (χ4v) is 1.56. The minimum Gasteiger partial charge on any atom is -0.313 e. The van der Waals surface area contributed by atoms with Crippen LogP contribution in [0.3, 0.4) is 0 Å². The van der Waals surface area contributed by atoms with Crippen molar-refractivity contribution >= 4 is 18.0 Å². The quantitative estimate of drug-likeness (QED) is 0.777. The van der Waals surface area contributed by atoms with Gasteiger partial charge in [0.15, 0.2) is 11.6 Å². The monoisotopic (exact) mass is 226 g/mol. The molecule has 2 rings (SSSR count). The third-order valence-corrected chi connectivity index (χ3v) is 2.37. The van der Waals surface area contributed by atoms with Crippen LogP contribution in [-0.2, 0) is 11.3 Å². The first-order chi connectivity index (χ1) is 7.63. The van der Waals surface area contributed by atoms with Gasteiger partial charge in [-0.3, -0.25) is 0 Å². The van der Waals surface area contributed by atoms with Gasteiger partial charge in [0.05, 0.1) is 18.8 Å². The number of nitrogens with zero attached hydrogens (tertiary/aromatic N) is 1. The van der Waals surface area contributed by atoms with E-state index in [4.69, 9.17) is 0 Å². The first kappa shape index (κ1) is 10.5. The Labute approximate surface area is 89.8 Å². The van der Waals surface area contributed by atoms with E-state index in [0.29, 0.717) is 6.29 Å². The summed E-state index contributed by atoms with van der Waals surface area (Å²) >= 11 is 0. The zero-order valence-electron chi connectivity index (χ0n) is 8.17. The number of carbonyl (C=O) groups is 2. The first-order valence-electron chi connectivity index (χ1n) is 4.60. The maximum absolute atomic E-state index is 13.4. The summed E-state index contributed by atoms with van der Waals surface area (Å²) in [5, 5.41) is 2.38. The SMILES string of the molecule is O=CCN1Cc2c(ccc(F)c2F)NC1=O. The minimum atomic E-state index is -0.992. The van der Waals surface area contributed by atoms with Crippen molar-refractivity contribution in [2.24, 2.45) is 0 Å². The van der Waals surface area contributed by atoms with Crippen LogP contribution in [0.4, 0.5) is 19.3 Å². The molecule has 0 saturated carbocycles. The molecule has 1 heterocycles. The number of anilines is 1. The van der Waals surface area contributed by atoms with Crippen molar-refractivity contribution in [3.05, 3.63) is 29.3 Å². The average Bonchev–Trinajstić information content (AvgIpc) is 2.26. The first-order valence-corrected chi connectivity index (χ1v) is 4.60. The van der Waals surface area contributed by atoms with Crippen LogP contribution in [0.25, 0.3) is 0 Å². The lowest BCUT2D eigenvalue weighted by atomic mass is 10.1. The van der Waals surface area contributed by atoms with Gasteiger partial charge in [-0.05, 0) is 12.1 Å². The van der Waals surface area contributed by atoms with Crippen LogP contribution in [0, 0.1) is 11.6 Å². The van der Waals surface area contributed by atoms with Crippen LogP contribution in [0.2, 0.25) is 0 Å². The summed E-state index contributed by atoms with van der Waals surface area (Å²) < 4.78 is 26.3. The standard InChI is InChI=1S/C10H8F2N2O2/c11-7-1-2-8-6(9(7)12)5-14(3-4-15)10(16)13-8/h1-2,4H,3,5H2,(H,13,16). The number of nitrogens with one attached hydrogen (secondary N) is 1. The molecule has 0 aromatic heterocycles. The summed E-state index contributed by atoms with van der Waals surface area (Å²) in [6, 6.07) is 1.75. The molecule has 1 aliphatic rings. The molecule has 16 heavy (non-hydrogen) atoms. The van der Waals surface area contributed by atoms with Gasteiger partial charge in [0.2, 0.25) is 0 Å². The number of hydrogen-bond donors (Lipinski definition) is 1. The molecule has 1 aliphatic heterocycles. The molecule has 4 nitrogen and oxygen atoms in total. The Kier molecular flexibility index (Phi) is 2.55. The van der Waals surface area contributed by atoms with Crippen molar-refractivity contribution in [2.75, 3.05) is 11.9 Å². The maximum Gasteiger partial charge on any atom is 0.322 e. The zero-order chi connectivity index (χ0) is 11.7. The van der Waals surface area contributed by atoms with E-state index in [0.717, 1.165) is 11.0 Å². The number of aldehydes is 1. The minimum absolute atomic E-state index is 0.0569. The Balaban J connectivity index is 2.40. The summed E-state index contributed by atoms with van der Waals surface area (Å²) in [5.41, 5.74) is 0.299. The molecular formula is C10H8F2N2O2. The molecule has 6 heteroatoms. The molecule has 0 unspecified atom stereocenters. The van der Waals surface area contributed by atoms with E-state index >= 15 is 0 Å². The van der Waals surface area contributed by atoms with Gasteiger partial charge in [0, 0.05) is 5.56 Å². The molecule has 1 N–H and O–H groups in total. The van der Waals surface area contributed by atoms with Crippen molar-refractivity contribution in [1.29, 1.82) is 0 Å². The van der Waals surface area contributed by atoms with Gasteiger partial charge in [0.25, 0.3) is 0 Å². The van der Waals surface area contributed by atoms with Crippen LogP contribution in [0.15, 0.2) is 12.1 Å². The van der Waals surface area contributed by atoms with Crippen LogP contribution in [0.5, 0.6) is 0 Å². The number of amides is 2. The van der Waals surface area contributed by atoms with E-state index < -0.39 is 17.7 Å². The summed E-state index contributed by atoms with van der Waals surface area (Å²) in [4.78, 5) is 22.8. The zero-order valence-corrected chi connectivity index (χ0v) is 8.17. The number of carbonyl (C=O) groups excluding carboxylic acids is 2. The van der Waals surface area contributed by atoms with Crippen LogP contribution in [0.1, 0.15) is 5.56 Å². The maximum atomic E-state index is 13.4. The van der Waals surface area contributed by atoms with Crippen molar-refractivity contribution in [1.82, 2.24) is 4.90 Å². The van der Waals surface area contributed by atoms with Crippen molar-refractivity contribution in [2.45, 2.75) is 6.54 Å². The molecular weight excluding hydrogens is 218 g/mol. The Morgan fingerprint density at radius 3 is 2.88 bits per heavy atom. The Morgan fingerprint density at radius 2 is 2.19 bits per heavy atom. The summed E-state index contributed by atoms with van der Waals surface area (Å²) in [6.07, 6.45) is 0.530. The largest absolute Gasteiger partial charge is 0.322 e. The highest BCUT2D eigenvalue weighted by atomic mass is 19.2. The molecule has 0 aliphatic carbocycles. The molecule has 0 saturated heterocycles. The van der Waals surface area contributed by atoms with Crippen molar-refractivity contribution in [3.63, 3.8) is 0 Å². The molecule has 0 bridgehead atoms. The molecule has 0 spiro atoms. The van der Waals surface area contributed by atoms with Gasteiger partial charge in [0.1, 0.15) is 6.29 Å². The second-order valence-electron chi connectivity index (χ2n) is 3.36. The van der Waals surface area contributed by atoms with E-state index in [1.807, 2.05) is 0 Å². The average molecular weight is 226 g/mol. The summed E-state index contributed by atoms with van der Waals surface area (Å²) in [7, 11) is 0. The third-order valence-electron chi connectivity index (χ3n) is 2.37. The molecule has 0 atom stereocenters. The van der Waals surface area contributed by atoms with E-state index in [9.17, 15) is 18.4 Å². The van der Waals surface area contributed by atoms with E-state index in [-0.39, 0.29) is 24.3 Å². The predicted octanol–water partition coefficient (Wildman–Crippen LogP) is 1.51. The van der Waals surface area contributed by atoms with Crippen LogP contribution in [-0.4, -0.2) is 23.8 Å². The second kappa shape index (κ2) is 3.88. The van der Waals surface area contributed by atoms with Crippen LogP contribution < -0.4 is 5.32 Å². The molecule has 84 valence electrons. The smallest absolute Gasteiger partial charge is 0.313 e. The highest BCUT2D eigenvalue weighted by Crippen LogP contribution is 2.26. The van der Waals surface area contributed by atoms with E-state index in [2.05, 4.69) is 5.32 Å². The number of urea groups is 1. The van der Waals surface area contributed by atoms with Gasteiger partial charge in [-0.2, -0.15) is 0 Å². The fraction of sp³-hybridized carbons (Fsp3) is 0.200. The normalized spacial score (nSPS) is 14.4. The highest BCUT2D eigenvalue weighted by Gasteiger charge is 2.25.